The standard InChI is InChI=1S/C30H62NO6P/c1-6-8-10-12-13-14-15-16-17-18-19-20-21-22-24-29(30(28-32)35-26-23-11-9-7-2)37-38(33,34)36-27-25-31(3,4)5/h7,29-30,32H,2,6,8-28H2,1,3-5H3/p+1/t29?,30-/m0/s1. The van der Waals surface area contributed by atoms with Crippen LogP contribution in [0, 0.1) is 0 Å². The zero-order valence-electron chi connectivity index (χ0n) is 25.4. The second-order valence-electron chi connectivity index (χ2n) is 11.7. The van der Waals surface area contributed by atoms with Gasteiger partial charge in [-0.1, -0.05) is 103 Å². The van der Waals surface area contributed by atoms with Gasteiger partial charge in [0.1, 0.15) is 19.3 Å². The fourth-order valence-corrected chi connectivity index (χ4v) is 5.34. The van der Waals surface area contributed by atoms with E-state index in [1.807, 2.05) is 27.2 Å². The molecule has 8 heteroatoms. The van der Waals surface area contributed by atoms with Crippen LogP contribution in [-0.4, -0.2) is 74.2 Å². The number of aliphatic hydroxyl groups excluding tert-OH is 1. The maximum absolute atomic E-state index is 12.6. The van der Waals surface area contributed by atoms with E-state index in [0.29, 0.717) is 24.1 Å². The summed E-state index contributed by atoms with van der Waals surface area (Å²) in [5.74, 6) is 0. The first kappa shape index (κ1) is 37.7. The van der Waals surface area contributed by atoms with Crippen LogP contribution in [0.5, 0.6) is 0 Å². The summed E-state index contributed by atoms with van der Waals surface area (Å²) in [6, 6.07) is 0. The van der Waals surface area contributed by atoms with Crippen LogP contribution in [0.4, 0.5) is 0 Å². The molecule has 0 aromatic carbocycles. The average molecular weight is 565 g/mol. The Labute approximate surface area is 235 Å². The topological polar surface area (TPSA) is 85.2 Å². The van der Waals surface area contributed by atoms with Gasteiger partial charge in [0.15, 0.2) is 0 Å². The molecule has 0 spiro atoms. The molecule has 2 unspecified atom stereocenters. The molecule has 0 rings (SSSR count). The van der Waals surface area contributed by atoms with Crippen LogP contribution in [0.1, 0.15) is 122 Å². The van der Waals surface area contributed by atoms with Crippen LogP contribution < -0.4 is 0 Å². The van der Waals surface area contributed by atoms with Crippen LogP contribution in [0.3, 0.4) is 0 Å². The molecule has 0 bridgehead atoms. The van der Waals surface area contributed by atoms with Gasteiger partial charge in [-0.3, -0.25) is 9.05 Å². The van der Waals surface area contributed by atoms with Crippen molar-refractivity contribution < 1.29 is 32.8 Å². The van der Waals surface area contributed by atoms with E-state index < -0.39 is 20.0 Å². The monoisotopic (exact) mass is 564 g/mol. The minimum atomic E-state index is -4.25. The quantitative estimate of drug-likeness (QED) is 0.0417. The lowest BCUT2D eigenvalue weighted by atomic mass is 10.0. The van der Waals surface area contributed by atoms with Crippen molar-refractivity contribution >= 4 is 7.82 Å². The van der Waals surface area contributed by atoms with Crippen LogP contribution in [0.25, 0.3) is 0 Å². The molecule has 228 valence electrons. The molecular weight excluding hydrogens is 501 g/mol. The Kier molecular flexibility index (Phi) is 24.3. The fourth-order valence-electron chi connectivity index (χ4n) is 4.38. The Hall–Kier alpha value is -0.270. The first-order valence-electron chi connectivity index (χ1n) is 15.4. The van der Waals surface area contributed by atoms with Crippen molar-refractivity contribution in [3.8, 4) is 0 Å². The first-order valence-corrected chi connectivity index (χ1v) is 16.9. The predicted molar refractivity (Wildman–Crippen MR) is 159 cm³/mol. The van der Waals surface area contributed by atoms with Crippen molar-refractivity contribution in [3.63, 3.8) is 0 Å². The number of quaternary nitrogens is 1. The number of nitrogens with zero attached hydrogens (tertiary/aromatic N) is 1. The van der Waals surface area contributed by atoms with Crippen molar-refractivity contribution in [1.29, 1.82) is 0 Å². The molecule has 0 aromatic rings. The Morgan fingerprint density at radius 1 is 0.789 bits per heavy atom. The molecule has 0 heterocycles. The third-order valence-corrected chi connectivity index (χ3v) is 7.90. The van der Waals surface area contributed by atoms with E-state index in [2.05, 4.69) is 13.5 Å². The molecule has 0 saturated carbocycles. The lowest BCUT2D eigenvalue weighted by molar-refractivity contribution is -0.870. The van der Waals surface area contributed by atoms with E-state index in [9.17, 15) is 14.6 Å². The molecule has 0 aliphatic rings. The molecular formula is C30H63NO6P+. The second-order valence-corrected chi connectivity index (χ2v) is 13.1. The van der Waals surface area contributed by atoms with Crippen LogP contribution in [0.15, 0.2) is 12.7 Å². The average Bonchev–Trinajstić information content (AvgIpc) is 2.85. The van der Waals surface area contributed by atoms with Gasteiger partial charge < -0.3 is 19.2 Å². The molecule has 0 aliphatic carbocycles. The Morgan fingerprint density at radius 3 is 1.79 bits per heavy atom. The van der Waals surface area contributed by atoms with Crippen molar-refractivity contribution in [1.82, 2.24) is 0 Å². The summed E-state index contributed by atoms with van der Waals surface area (Å²) >= 11 is 0. The van der Waals surface area contributed by atoms with E-state index in [4.69, 9.17) is 13.8 Å². The number of ether oxygens (including phenoxy) is 1. The molecule has 0 aromatic heterocycles. The highest BCUT2D eigenvalue weighted by Gasteiger charge is 2.32. The molecule has 0 amide bonds. The van der Waals surface area contributed by atoms with Gasteiger partial charge in [-0.05, 0) is 25.7 Å². The van der Waals surface area contributed by atoms with Gasteiger partial charge in [0.25, 0.3) is 0 Å². The van der Waals surface area contributed by atoms with Crippen LogP contribution >= 0.6 is 7.82 Å². The van der Waals surface area contributed by atoms with Crippen molar-refractivity contribution in [3.05, 3.63) is 12.7 Å². The summed E-state index contributed by atoms with van der Waals surface area (Å²) in [7, 11) is 1.72. The van der Waals surface area contributed by atoms with E-state index in [1.165, 1.54) is 70.6 Å². The highest BCUT2D eigenvalue weighted by atomic mass is 31.2. The third kappa shape index (κ3) is 24.7. The van der Waals surface area contributed by atoms with Gasteiger partial charge >= 0.3 is 7.82 Å². The Balaban J connectivity index is 4.40. The zero-order valence-corrected chi connectivity index (χ0v) is 26.3. The summed E-state index contributed by atoms with van der Waals surface area (Å²) in [5.41, 5.74) is 0. The van der Waals surface area contributed by atoms with E-state index in [-0.39, 0.29) is 13.2 Å². The summed E-state index contributed by atoms with van der Waals surface area (Å²) < 4.78 is 30.0. The van der Waals surface area contributed by atoms with Crippen LogP contribution in [0.2, 0.25) is 0 Å². The van der Waals surface area contributed by atoms with Crippen LogP contribution in [-0.2, 0) is 18.3 Å². The van der Waals surface area contributed by atoms with Gasteiger partial charge in [0.05, 0.1) is 33.9 Å². The Morgan fingerprint density at radius 2 is 1.32 bits per heavy atom. The summed E-state index contributed by atoms with van der Waals surface area (Å²) in [5, 5.41) is 9.96. The largest absolute Gasteiger partial charge is 0.472 e. The van der Waals surface area contributed by atoms with Gasteiger partial charge in [0.2, 0.25) is 0 Å². The summed E-state index contributed by atoms with van der Waals surface area (Å²) in [6.07, 6.45) is 21.6. The van der Waals surface area contributed by atoms with Gasteiger partial charge in [-0.2, -0.15) is 0 Å². The molecule has 0 radical (unpaired) electrons. The normalized spacial score (nSPS) is 15.3. The number of phosphoric acid groups is 1. The molecule has 3 atom stereocenters. The fraction of sp³-hybridized carbons (Fsp3) is 0.933. The second kappa shape index (κ2) is 24.5. The van der Waals surface area contributed by atoms with Crippen molar-refractivity contribution in [2.24, 2.45) is 0 Å². The smallest absolute Gasteiger partial charge is 0.394 e. The number of rotatable bonds is 29. The predicted octanol–water partition coefficient (Wildman–Crippen LogP) is 7.80. The number of allylic oxidation sites excluding steroid dienone is 1. The molecule has 7 nitrogen and oxygen atoms in total. The summed E-state index contributed by atoms with van der Waals surface area (Å²) in [4.78, 5) is 10.3. The number of unbranched alkanes of at least 4 members (excludes halogenated alkanes) is 15. The zero-order chi connectivity index (χ0) is 28.5. The number of hydrogen-bond donors (Lipinski definition) is 2. The minimum Gasteiger partial charge on any atom is -0.394 e. The Bertz CT molecular complexity index is 584. The van der Waals surface area contributed by atoms with E-state index >= 15 is 0 Å². The molecule has 0 fully saturated rings. The van der Waals surface area contributed by atoms with E-state index in [1.54, 1.807) is 0 Å². The van der Waals surface area contributed by atoms with Gasteiger partial charge in [-0.15, -0.1) is 6.58 Å². The molecule has 0 aliphatic heterocycles. The molecule has 2 N–H and O–H groups in total. The highest BCUT2D eigenvalue weighted by molar-refractivity contribution is 7.47. The lowest BCUT2D eigenvalue weighted by Gasteiger charge is -2.28. The van der Waals surface area contributed by atoms with Gasteiger partial charge in [0, 0.05) is 6.61 Å². The highest BCUT2D eigenvalue weighted by Crippen LogP contribution is 2.46. The number of hydrogen-bond acceptors (Lipinski definition) is 5. The maximum atomic E-state index is 12.6. The number of phosphoric ester groups is 1. The number of aliphatic hydroxyl groups is 1. The molecule has 0 saturated heterocycles. The number of likely N-dealkylation sites (N-methyl/N-ethyl adjacent to an activating group) is 1. The summed E-state index contributed by atoms with van der Waals surface area (Å²) in [6.45, 7) is 6.91. The first-order chi connectivity index (χ1) is 18.1. The molecule has 38 heavy (non-hydrogen) atoms. The van der Waals surface area contributed by atoms with Gasteiger partial charge in [-0.25, -0.2) is 4.57 Å². The lowest BCUT2D eigenvalue weighted by Crippen LogP contribution is -2.38. The SMILES string of the molecule is C=CCCCCO[C@@H](CO)C(CCCCCCCCCCCCCCCC)OP(=O)(O)OCC[N+](C)(C)C. The maximum Gasteiger partial charge on any atom is 0.472 e. The van der Waals surface area contributed by atoms with E-state index in [0.717, 1.165) is 38.5 Å². The van der Waals surface area contributed by atoms with Crippen molar-refractivity contribution in [2.45, 2.75) is 135 Å². The third-order valence-electron chi connectivity index (χ3n) is 6.86. The minimum absolute atomic E-state index is 0.120. The van der Waals surface area contributed by atoms with Crippen molar-refractivity contribution in [2.75, 3.05) is 47.5 Å².